The van der Waals surface area contributed by atoms with Crippen molar-refractivity contribution >= 4 is 37.9 Å². The molecular weight excluding hydrogens is 368 g/mol. The molecule has 3 aromatic heterocycles. The Labute approximate surface area is 156 Å². The summed E-state index contributed by atoms with van der Waals surface area (Å²) in [6.45, 7) is 2.02. The maximum Gasteiger partial charge on any atom is 0.259 e. The largest absolute Gasteiger partial charge is 0.507 e. The molecule has 2 N–H and O–H groups in total. The van der Waals surface area contributed by atoms with Crippen LogP contribution in [0.5, 0.6) is 5.75 Å². The van der Waals surface area contributed by atoms with E-state index in [2.05, 4.69) is 15.3 Å². The van der Waals surface area contributed by atoms with Crippen molar-refractivity contribution in [3.05, 3.63) is 45.1 Å². The maximum atomic E-state index is 12.6. The van der Waals surface area contributed by atoms with E-state index in [0.717, 1.165) is 36.1 Å². The molecule has 6 nitrogen and oxygen atoms in total. The van der Waals surface area contributed by atoms with Crippen LogP contribution in [0.3, 0.4) is 0 Å². The zero-order valence-corrected chi connectivity index (χ0v) is 15.4. The van der Waals surface area contributed by atoms with Crippen LogP contribution < -0.4 is 10.9 Å². The lowest BCUT2D eigenvalue weighted by Gasteiger charge is -2.20. The molecular formula is C18H16N4O2S2. The van der Waals surface area contributed by atoms with E-state index >= 15 is 0 Å². The summed E-state index contributed by atoms with van der Waals surface area (Å²) in [6, 6.07) is 4.97. The van der Waals surface area contributed by atoms with Crippen LogP contribution >= 0.6 is 22.7 Å². The van der Waals surface area contributed by atoms with Gasteiger partial charge in [0.1, 0.15) is 5.75 Å². The Morgan fingerprint density at radius 2 is 2.08 bits per heavy atom. The lowest BCUT2D eigenvalue weighted by molar-refractivity contribution is 0.464. The molecule has 0 saturated carbocycles. The first-order valence-corrected chi connectivity index (χ1v) is 10.2. The van der Waals surface area contributed by atoms with Crippen molar-refractivity contribution in [2.45, 2.75) is 18.8 Å². The highest BCUT2D eigenvalue weighted by Gasteiger charge is 2.19. The predicted molar refractivity (Wildman–Crippen MR) is 104 cm³/mol. The third-order valence-electron chi connectivity index (χ3n) is 4.85. The standard InChI is InChI=1S/C18H16N4O2S2/c23-14-6-13-15(25-9-20-13)5-11(14)12-7-17(24)22-8-16(26-18(22)21-12)10-1-3-19-4-2-10/h5-10,19,23H,1-4H2. The van der Waals surface area contributed by atoms with Gasteiger partial charge in [-0.2, -0.15) is 0 Å². The molecule has 0 radical (unpaired) electrons. The van der Waals surface area contributed by atoms with E-state index in [-0.39, 0.29) is 11.3 Å². The molecule has 0 aliphatic carbocycles. The molecule has 4 aromatic rings. The number of phenols is 1. The second kappa shape index (κ2) is 6.15. The molecule has 0 bridgehead atoms. The summed E-state index contributed by atoms with van der Waals surface area (Å²) in [4.78, 5) is 23.4. The highest BCUT2D eigenvalue weighted by Crippen LogP contribution is 2.35. The topological polar surface area (TPSA) is 79.5 Å². The second-order valence-corrected chi connectivity index (χ2v) is 8.41. The summed E-state index contributed by atoms with van der Waals surface area (Å²) in [6.07, 6.45) is 4.09. The fourth-order valence-electron chi connectivity index (χ4n) is 3.45. The van der Waals surface area contributed by atoms with Gasteiger partial charge in [0.05, 0.1) is 21.4 Å². The first-order chi connectivity index (χ1) is 12.7. The Balaban J connectivity index is 1.64. The van der Waals surface area contributed by atoms with E-state index in [1.807, 2.05) is 12.3 Å². The Bertz CT molecular complexity index is 1170. The molecule has 132 valence electrons. The van der Waals surface area contributed by atoms with E-state index in [1.165, 1.54) is 22.3 Å². The van der Waals surface area contributed by atoms with E-state index in [4.69, 9.17) is 0 Å². The van der Waals surface area contributed by atoms with Gasteiger partial charge >= 0.3 is 0 Å². The number of aromatic nitrogens is 3. The van der Waals surface area contributed by atoms with Crippen LogP contribution in [0.4, 0.5) is 0 Å². The minimum absolute atomic E-state index is 0.0924. The quantitative estimate of drug-likeness (QED) is 0.555. The van der Waals surface area contributed by atoms with Crippen LogP contribution in [0.15, 0.2) is 34.7 Å². The molecule has 4 heterocycles. The third kappa shape index (κ3) is 2.61. The Morgan fingerprint density at radius 1 is 1.23 bits per heavy atom. The average molecular weight is 384 g/mol. The molecule has 0 unspecified atom stereocenters. The first-order valence-electron chi connectivity index (χ1n) is 8.49. The highest BCUT2D eigenvalue weighted by atomic mass is 32.1. The summed E-state index contributed by atoms with van der Waals surface area (Å²) >= 11 is 3.07. The fraction of sp³-hybridized carbons (Fsp3) is 0.278. The highest BCUT2D eigenvalue weighted by molar-refractivity contribution is 7.17. The first kappa shape index (κ1) is 15.9. The average Bonchev–Trinajstić information content (AvgIpc) is 3.28. The third-order valence-corrected chi connectivity index (χ3v) is 6.79. The number of thiazole rings is 2. The summed E-state index contributed by atoms with van der Waals surface area (Å²) < 4.78 is 2.58. The molecule has 0 spiro atoms. The van der Waals surface area contributed by atoms with Crippen LogP contribution in [-0.2, 0) is 0 Å². The van der Waals surface area contributed by atoms with Crippen molar-refractivity contribution in [2.24, 2.45) is 0 Å². The minimum atomic E-state index is -0.120. The van der Waals surface area contributed by atoms with Crippen molar-refractivity contribution in [3.63, 3.8) is 0 Å². The van der Waals surface area contributed by atoms with Gasteiger partial charge in [-0.15, -0.1) is 22.7 Å². The molecule has 0 atom stereocenters. The Morgan fingerprint density at radius 3 is 2.92 bits per heavy atom. The zero-order chi connectivity index (χ0) is 17.7. The second-order valence-electron chi connectivity index (χ2n) is 6.48. The molecule has 5 rings (SSSR count). The van der Waals surface area contributed by atoms with Crippen molar-refractivity contribution < 1.29 is 5.11 Å². The van der Waals surface area contributed by atoms with Gasteiger partial charge in [0.15, 0.2) is 4.96 Å². The lowest BCUT2D eigenvalue weighted by atomic mass is 9.97. The van der Waals surface area contributed by atoms with Gasteiger partial charge in [-0.1, -0.05) is 0 Å². The number of hydrogen-bond acceptors (Lipinski definition) is 7. The van der Waals surface area contributed by atoms with Crippen molar-refractivity contribution in [1.29, 1.82) is 0 Å². The zero-order valence-electron chi connectivity index (χ0n) is 13.8. The number of aromatic hydroxyl groups is 1. The van der Waals surface area contributed by atoms with Crippen LogP contribution in [-0.4, -0.2) is 32.6 Å². The van der Waals surface area contributed by atoms with Crippen LogP contribution in [0.1, 0.15) is 23.6 Å². The van der Waals surface area contributed by atoms with E-state index in [9.17, 15) is 9.90 Å². The SMILES string of the molecule is O=c1cc(-c2cc3scnc3cc2O)nc2sc(C3CCNCC3)cn12. The Hall–Kier alpha value is -2.29. The number of phenolic OH excluding ortho intramolecular Hbond substituents is 1. The van der Waals surface area contributed by atoms with Gasteiger partial charge in [-0.25, -0.2) is 9.97 Å². The van der Waals surface area contributed by atoms with E-state index in [0.29, 0.717) is 22.1 Å². The summed E-state index contributed by atoms with van der Waals surface area (Å²) in [5.41, 5.74) is 3.44. The van der Waals surface area contributed by atoms with Crippen molar-refractivity contribution in [1.82, 2.24) is 19.7 Å². The molecule has 1 fully saturated rings. The van der Waals surface area contributed by atoms with Gasteiger partial charge in [0.2, 0.25) is 0 Å². The van der Waals surface area contributed by atoms with Crippen LogP contribution in [0.25, 0.3) is 26.4 Å². The fourth-order valence-corrected chi connectivity index (χ4v) is 5.31. The predicted octanol–water partition coefficient (Wildman–Crippen LogP) is 3.21. The number of nitrogens with one attached hydrogen (secondary N) is 1. The number of hydrogen-bond donors (Lipinski definition) is 2. The van der Waals surface area contributed by atoms with Crippen LogP contribution in [0.2, 0.25) is 0 Å². The molecule has 8 heteroatoms. The van der Waals surface area contributed by atoms with Gasteiger partial charge in [-0.05, 0) is 37.9 Å². The number of fused-ring (bicyclic) bond motifs is 2. The smallest absolute Gasteiger partial charge is 0.259 e. The molecule has 1 aromatic carbocycles. The maximum absolute atomic E-state index is 12.6. The van der Waals surface area contributed by atoms with Crippen LogP contribution in [0, 0.1) is 0 Å². The van der Waals surface area contributed by atoms with Crippen molar-refractivity contribution in [3.8, 4) is 17.0 Å². The Kier molecular flexibility index (Phi) is 3.77. The summed E-state index contributed by atoms with van der Waals surface area (Å²) in [5.74, 6) is 0.572. The van der Waals surface area contributed by atoms with Gasteiger partial charge in [0, 0.05) is 28.8 Å². The minimum Gasteiger partial charge on any atom is -0.507 e. The number of benzene rings is 1. The molecule has 1 aliphatic rings. The molecule has 26 heavy (non-hydrogen) atoms. The molecule has 0 amide bonds. The van der Waals surface area contributed by atoms with E-state index in [1.54, 1.807) is 27.3 Å². The van der Waals surface area contributed by atoms with Gasteiger partial charge in [0.25, 0.3) is 5.56 Å². The summed E-state index contributed by atoms with van der Waals surface area (Å²) in [5, 5.41) is 13.7. The number of piperidine rings is 1. The summed E-state index contributed by atoms with van der Waals surface area (Å²) in [7, 11) is 0. The number of nitrogens with zero attached hydrogens (tertiary/aromatic N) is 3. The monoisotopic (exact) mass is 384 g/mol. The number of rotatable bonds is 2. The van der Waals surface area contributed by atoms with Gasteiger partial charge < -0.3 is 10.4 Å². The van der Waals surface area contributed by atoms with E-state index < -0.39 is 0 Å². The lowest BCUT2D eigenvalue weighted by Crippen LogP contribution is -2.26. The normalized spacial score (nSPS) is 15.8. The van der Waals surface area contributed by atoms with Crippen molar-refractivity contribution in [2.75, 3.05) is 13.1 Å². The molecule has 1 saturated heterocycles. The molecule has 1 aliphatic heterocycles. The van der Waals surface area contributed by atoms with Gasteiger partial charge in [-0.3, -0.25) is 9.20 Å².